The van der Waals surface area contributed by atoms with Crippen LogP contribution in [0.25, 0.3) is 0 Å². The SMILES string of the molecule is CC(Cl)CCCC1(C)CC1. The summed E-state index contributed by atoms with van der Waals surface area (Å²) in [5.41, 5.74) is 0.728. The fourth-order valence-electron chi connectivity index (χ4n) is 1.27. The highest BCUT2D eigenvalue weighted by Gasteiger charge is 2.35. The Balaban J connectivity index is 1.95. The summed E-state index contributed by atoms with van der Waals surface area (Å²) in [5, 5.41) is 0.377. The van der Waals surface area contributed by atoms with E-state index >= 15 is 0 Å². The molecule has 1 unspecified atom stereocenters. The molecule has 0 bridgehead atoms. The first-order valence-corrected chi connectivity index (χ1v) is 4.70. The van der Waals surface area contributed by atoms with Gasteiger partial charge in [0.15, 0.2) is 0 Å². The van der Waals surface area contributed by atoms with Gasteiger partial charge < -0.3 is 0 Å². The molecule has 0 heterocycles. The minimum atomic E-state index is 0.377. The molecule has 1 atom stereocenters. The molecule has 1 saturated carbocycles. The van der Waals surface area contributed by atoms with E-state index in [2.05, 4.69) is 13.8 Å². The van der Waals surface area contributed by atoms with Crippen molar-refractivity contribution < 1.29 is 0 Å². The second kappa shape index (κ2) is 3.13. The smallest absolute Gasteiger partial charge is 0.0307 e. The van der Waals surface area contributed by atoms with Gasteiger partial charge in [0.2, 0.25) is 0 Å². The molecule has 0 amide bonds. The largest absolute Gasteiger partial charge is 0.123 e. The van der Waals surface area contributed by atoms with E-state index in [1.54, 1.807) is 0 Å². The molecule has 1 aliphatic carbocycles. The molecule has 0 aromatic heterocycles. The van der Waals surface area contributed by atoms with Gasteiger partial charge in [0.05, 0.1) is 0 Å². The van der Waals surface area contributed by atoms with Gasteiger partial charge in [0, 0.05) is 5.38 Å². The van der Waals surface area contributed by atoms with E-state index in [9.17, 15) is 0 Å². The van der Waals surface area contributed by atoms with Gasteiger partial charge in [0.1, 0.15) is 0 Å². The Morgan fingerprint density at radius 3 is 2.50 bits per heavy atom. The Bertz CT molecular complexity index is 103. The van der Waals surface area contributed by atoms with Gasteiger partial charge in [-0.15, -0.1) is 11.6 Å². The summed E-state index contributed by atoms with van der Waals surface area (Å²) < 4.78 is 0. The first-order valence-electron chi connectivity index (χ1n) is 4.26. The summed E-state index contributed by atoms with van der Waals surface area (Å²) in [4.78, 5) is 0. The topological polar surface area (TPSA) is 0 Å². The lowest BCUT2D eigenvalue weighted by Crippen LogP contribution is -1.96. The summed E-state index contributed by atoms with van der Waals surface area (Å²) in [6.07, 6.45) is 6.80. The van der Waals surface area contributed by atoms with Crippen LogP contribution in [0.15, 0.2) is 0 Å². The fraction of sp³-hybridized carbons (Fsp3) is 1.00. The lowest BCUT2D eigenvalue weighted by Gasteiger charge is -2.07. The molecule has 0 aliphatic heterocycles. The Kier molecular flexibility index (Phi) is 2.62. The molecule has 10 heavy (non-hydrogen) atoms. The van der Waals surface area contributed by atoms with Crippen LogP contribution in [0.3, 0.4) is 0 Å². The highest BCUT2D eigenvalue weighted by molar-refractivity contribution is 6.20. The van der Waals surface area contributed by atoms with Gasteiger partial charge in [0.25, 0.3) is 0 Å². The van der Waals surface area contributed by atoms with E-state index in [-0.39, 0.29) is 0 Å². The monoisotopic (exact) mass is 160 g/mol. The minimum Gasteiger partial charge on any atom is -0.123 e. The molecule has 1 heteroatoms. The van der Waals surface area contributed by atoms with Crippen molar-refractivity contribution in [2.75, 3.05) is 0 Å². The Hall–Kier alpha value is 0.290. The van der Waals surface area contributed by atoms with Gasteiger partial charge >= 0.3 is 0 Å². The molecule has 1 fully saturated rings. The van der Waals surface area contributed by atoms with Crippen LogP contribution < -0.4 is 0 Å². The Morgan fingerprint density at radius 2 is 2.10 bits per heavy atom. The van der Waals surface area contributed by atoms with Crippen molar-refractivity contribution in [3.8, 4) is 0 Å². The zero-order chi connectivity index (χ0) is 7.61. The van der Waals surface area contributed by atoms with E-state index in [4.69, 9.17) is 11.6 Å². The quantitative estimate of drug-likeness (QED) is 0.552. The van der Waals surface area contributed by atoms with E-state index in [1.165, 1.54) is 32.1 Å². The van der Waals surface area contributed by atoms with Gasteiger partial charge in [-0.3, -0.25) is 0 Å². The van der Waals surface area contributed by atoms with E-state index in [1.807, 2.05) is 0 Å². The highest BCUT2D eigenvalue weighted by atomic mass is 35.5. The lowest BCUT2D eigenvalue weighted by molar-refractivity contribution is 0.481. The van der Waals surface area contributed by atoms with Crippen molar-refractivity contribution >= 4 is 11.6 Å². The third kappa shape index (κ3) is 2.92. The van der Waals surface area contributed by atoms with E-state index < -0.39 is 0 Å². The first-order chi connectivity index (χ1) is 4.62. The number of hydrogen-bond donors (Lipinski definition) is 0. The number of alkyl halides is 1. The fourth-order valence-corrected chi connectivity index (χ4v) is 1.43. The molecule has 60 valence electrons. The second-order valence-electron chi connectivity index (χ2n) is 3.98. The summed E-state index contributed by atoms with van der Waals surface area (Å²) >= 11 is 5.83. The van der Waals surface area contributed by atoms with E-state index in [0.29, 0.717) is 5.38 Å². The number of halogens is 1. The van der Waals surface area contributed by atoms with Crippen molar-refractivity contribution in [2.45, 2.75) is 51.3 Å². The standard InChI is InChI=1S/C9H17Cl/c1-8(10)4-3-5-9(2)6-7-9/h8H,3-7H2,1-2H3. The third-order valence-electron chi connectivity index (χ3n) is 2.49. The van der Waals surface area contributed by atoms with Crippen LogP contribution in [0.2, 0.25) is 0 Å². The van der Waals surface area contributed by atoms with Crippen LogP contribution in [0.4, 0.5) is 0 Å². The Morgan fingerprint density at radius 1 is 1.50 bits per heavy atom. The number of hydrogen-bond acceptors (Lipinski definition) is 0. The summed E-state index contributed by atoms with van der Waals surface area (Å²) in [7, 11) is 0. The Labute approximate surface area is 69.0 Å². The zero-order valence-corrected chi connectivity index (χ0v) is 7.75. The molecule has 0 aromatic carbocycles. The molecule has 0 aromatic rings. The summed E-state index contributed by atoms with van der Waals surface area (Å²) in [5.74, 6) is 0. The van der Waals surface area contributed by atoms with Crippen molar-refractivity contribution in [2.24, 2.45) is 5.41 Å². The molecule has 0 saturated heterocycles. The van der Waals surface area contributed by atoms with Crippen LogP contribution in [0, 0.1) is 5.41 Å². The lowest BCUT2D eigenvalue weighted by atomic mass is 10.0. The highest BCUT2D eigenvalue weighted by Crippen LogP contribution is 2.49. The van der Waals surface area contributed by atoms with Crippen molar-refractivity contribution in [3.63, 3.8) is 0 Å². The predicted octanol–water partition coefficient (Wildman–Crippen LogP) is 3.58. The molecular weight excluding hydrogens is 144 g/mol. The predicted molar refractivity (Wildman–Crippen MR) is 46.5 cm³/mol. The maximum absolute atomic E-state index is 5.83. The van der Waals surface area contributed by atoms with E-state index in [0.717, 1.165) is 5.41 Å². The zero-order valence-electron chi connectivity index (χ0n) is 6.99. The van der Waals surface area contributed by atoms with Crippen LogP contribution >= 0.6 is 11.6 Å². The molecule has 1 aliphatic rings. The van der Waals surface area contributed by atoms with Gasteiger partial charge in [-0.2, -0.15) is 0 Å². The average molecular weight is 161 g/mol. The van der Waals surface area contributed by atoms with Crippen LogP contribution in [0.5, 0.6) is 0 Å². The first kappa shape index (κ1) is 8.39. The van der Waals surface area contributed by atoms with Gasteiger partial charge in [-0.05, 0) is 38.0 Å². The van der Waals surface area contributed by atoms with Gasteiger partial charge in [-0.1, -0.05) is 13.3 Å². The van der Waals surface area contributed by atoms with Gasteiger partial charge in [-0.25, -0.2) is 0 Å². The van der Waals surface area contributed by atoms with Crippen LogP contribution in [0.1, 0.15) is 46.0 Å². The number of rotatable bonds is 4. The summed E-state index contributed by atoms with van der Waals surface area (Å²) in [6.45, 7) is 4.46. The molecule has 0 nitrogen and oxygen atoms in total. The molecule has 0 N–H and O–H groups in total. The minimum absolute atomic E-state index is 0.377. The molecule has 1 rings (SSSR count). The van der Waals surface area contributed by atoms with Crippen molar-refractivity contribution in [3.05, 3.63) is 0 Å². The maximum atomic E-state index is 5.83. The molecular formula is C9H17Cl. The summed E-state index contributed by atoms with van der Waals surface area (Å²) in [6, 6.07) is 0. The van der Waals surface area contributed by atoms with Crippen molar-refractivity contribution in [1.82, 2.24) is 0 Å². The molecule has 0 spiro atoms. The normalized spacial score (nSPS) is 24.3. The molecule has 0 radical (unpaired) electrons. The van der Waals surface area contributed by atoms with Crippen LogP contribution in [-0.2, 0) is 0 Å². The second-order valence-corrected chi connectivity index (χ2v) is 4.73. The third-order valence-corrected chi connectivity index (χ3v) is 2.70. The van der Waals surface area contributed by atoms with Crippen molar-refractivity contribution in [1.29, 1.82) is 0 Å². The maximum Gasteiger partial charge on any atom is 0.0307 e. The average Bonchev–Trinajstić information content (AvgIpc) is 2.47. The van der Waals surface area contributed by atoms with Crippen LogP contribution in [-0.4, -0.2) is 5.38 Å².